The van der Waals surface area contributed by atoms with Crippen LogP contribution in [0.2, 0.25) is 0 Å². The van der Waals surface area contributed by atoms with Crippen molar-refractivity contribution >= 4 is 22.3 Å². The monoisotopic (exact) mass is 670 g/mol. The number of ether oxygens (including phenoxy) is 1. The van der Waals surface area contributed by atoms with Crippen LogP contribution in [0.4, 0.5) is 0 Å². The van der Waals surface area contributed by atoms with Crippen molar-refractivity contribution in [2.24, 2.45) is 0 Å². The Balaban J connectivity index is -0.00000116. The summed E-state index contributed by atoms with van der Waals surface area (Å²) in [6.07, 6.45) is 41.2. The predicted molar refractivity (Wildman–Crippen MR) is 185 cm³/mol. The minimum Gasteiger partial charge on any atom is -1.00 e. The predicted octanol–water partition coefficient (Wildman–Crippen LogP) is 8.82. The Morgan fingerprint density at radius 3 is 0.978 bits per heavy atom. The van der Waals surface area contributed by atoms with Gasteiger partial charge in [-0.15, -0.1) is 0 Å². The molecule has 0 aromatic heterocycles. The van der Waals surface area contributed by atoms with Crippen LogP contribution in [0.1, 0.15) is 208 Å². The second kappa shape index (κ2) is 39.9. The first-order chi connectivity index (χ1) is 21.2. The van der Waals surface area contributed by atoms with E-state index in [1.54, 1.807) is 0 Å². The van der Waals surface area contributed by atoms with E-state index in [1.807, 2.05) is 0 Å². The van der Waals surface area contributed by atoms with Crippen molar-refractivity contribution < 1.29 is 62.8 Å². The van der Waals surface area contributed by atoms with E-state index in [0.29, 0.717) is 12.8 Å². The zero-order valence-corrected chi connectivity index (χ0v) is 32.5. The van der Waals surface area contributed by atoms with Gasteiger partial charge in [0.25, 0.3) is 0 Å². The van der Waals surface area contributed by atoms with Gasteiger partial charge in [-0.05, 0) is 38.5 Å². The van der Waals surface area contributed by atoms with Crippen molar-refractivity contribution in [3.63, 3.8) is 0 Å². The quantitative estimate of drug-likeness (QED) is 0.0189. The van der Waals surface area contributed by atoms with Crippen LogP contribution in [0, 0.1) is 0 Å². The maximum Gasteiger partial charge on any atom is 1.00 e. The van der Waals surface area contributed by atoms with Crippen LogP contribution in [0.3, 0.4) is 0 Å². The van der Waals surface area contributed by atoms with Gasteiger partial charge in [0.2, 0.25) is 0 Å². The van der Waals surface area contributed by atoms with E-state index in [0.717, 1.165) is 32.1 Å². The molecule has 0 aromatic rings. The molecule has 0 spiro atoms. The van der Waals surface area contributed by atoms with Gasteiger partial charge in [-0.25, -0.2) is 0 Å². The van der Waals surface area contributed by atoms with Crippen LogP contribution in [0.15, 0.2) is 12.2 Å². The number of esters is 2. The van der Waals surface area contributed by atoms with Gasteiger partial charge in [-0.1, -0.05) is 167 Å². The van der Waals surface area contributed by atoms with Gasteiger partial charge < -0.3 is 6.16 Å². The molecular weight excluding hydrogens is 599 g/mol. The Morgan fingerprint density at radius 1 is 0.489 bits per heavy atom. The van der Waals surface area contributed by atoms with E-state index in [4.69, 9.17) is 22.3 Å². The first kappa shape index (κ1) is 49.1. The van der Waals surface area contributed by atoms with Gasteiger partial charge in [-0.3, -0.25) is 18.7 Å². The van der Waals surface area contributed by atoms with Crippen molar-refractivity contribution in [3.8, 4) is 0 Å². The molecule has 0 heterocycles. The van der Waals surface area contributed by atoms with Gasteiger partial charge in [0.05, 0.1) is 0 Å². The molecule has 0 saturated heterocycles. The van der Waals surface area contributed by atoms with Crippen molar-refractivity contribution in [2.75, 3.05) is 0 Å². The summed E-state index contributed by atoms with van der Waals surface area (Å²) >= 11 is 0. The molecule has 0 aromatic carbocycles. The third-order valence-electron chi connectivity index (χ3n) is 7.85. The number of hydrogen-bond acceptors (Lipinski definition) is 5. The molecule has 7 nitrogen and oxygen atoms in total. The number of rotatable bonds is 31. The first-order valence-corrected chi connectivity index (χ1v) is 19.7. The Labute approximate surface area is 302 Å². The fraction of sp³-hybridized carbons (Fsp3) is 0.889. The molecule has 9 heteroatoms. The molecular formula is C36H71NaO7S. The molecule has 0 aliphatic carbocycles. The van der Waals surface area contributed by atoms with E-state index in [9.17, 15) is 9.59 Å². The minimum atomic E-state index is -4.67. The van der Waals surface area contributed by atoms with Gasteiger partial charge >= 0.3 is 51.9 Å². The smallest absolute Gasteiger partial charge is 1.00 e. The van der Waals surface area contributed by atoms with Crippen LogP contribution in [-0.4, -0.2) is 29.5 Å². The van der Waals surface area contributed by atoms with Gasteiger partial charge in [0.15, 0.2) is 0 Å². The number of unbranched alkanes of at least 4 members (excludes halogenated alkanes) is 25. The van der Waals surface area contributed by atoms with E-state index in [-0.39, 0.29) is 42.9 Å². The molecule has 45 heavy (non-hydrogen) atoms. The van der Waals surface area contributed by atoms with E-state index in [2.05, 4.69) is 26.0 Å². The molecule has 0 rings (SSSR count). The van der Waals surface area contributed by atoms with Crippen LogP contribution in [-0.2, 0) is 24.7 Å². The Morgan fingerprint density at radius 2 is 0.711 bits per heavy atom. The summed E-state index contributed by atoms with van der Waals surface area (Å²) in [6.45, 7) is 4.54. The summed E-state index contributed by atoms with van der Waals surface area (Å²) in [6, 6.07) is 0. The topological polar surface area (TPSA) is 118 Å². The van der Waals surface area contributed by atoms with Crippen LogP contribution in [0.25, 0.3) is 0 Å². The molecule has 0 unspecified atom stereocenters. The minimum absolute atomic E-state index is 0. The van der Waals surface area contributed by atoms with Crippen LogP contribution >= 0.6 is 0 Å². The van der Waals surface area contributed by atoms with E-state index < -0.39 is 10.4 Å². The third-order valence-corrected chi connectivity index (χ3v) is 7.85. The zero-order chi connectivity index (χ0) is 33.0. The summed E-state index contributed by atoms with van der Waals surface area (Å²) in [4.78, 5) is 23.8. The SMILES string of the molecule is CCCCCCCCC=CCCCCCCCC(=O)OC(=O)CCCCCCCCCCCCCCCCC.O=S(=O)(O)O.[H-].[Na+]. The second-order valence-electron chi connectivity index (χ2n) is 12.3. The first-order valence-electron chi connectivity index (χ1n) is 18.3. The maximum absolute atomic E-state index is 11.9. The number of allylic oxidation sites excluding steroid dienone is 2. The average molecular weight is 671 g/mol. The van der Waals surface area contributed by atoms with Crippen molar-refractivity contribution in [1.29, 1.82) is 0 Å². The number of carbonyl (C=O) groups excluding carboxylic acids is 2. The number of carbonyl (C=O) groups is 2. The molecule has 0 bridgehead atoms. The summed E-state index contributed by atoms with van der Waals surface area (Å²) in [5.74, 6) is -0.666. The third kappa shape index (κ3) is 53.5. The summed E-state index contributed by atoms with van der Waals surface area (Å²) in [5, 5.41) is 0. The summed E-state index contributed by atoms with van der Waals surface area (Å²) in [7, 11) is -4.67. The standard InChI is InChI=1S/C36H68O3.Na.H2O4S.H/c1-3-5-7-9-11-13-15-17-19-21-23-25-27-29-31-33-35(37)39-36(38)34-32-30-28-26-24-22-20-18-16-14-12-10-8-6-4-2;;1-5(2,3)4;/h17,19H,3-16,18,20-34H2,1-2H3;;(H2,1,2,3,4);/q;+1;;-1. The molecule has 0 atom stereocenters. The number of hydrogen-bond donors (Lipinski definition) is 2. The zero-order valence-electron chi connectivity index (χ0n) is 30.7. The van der Waals surface area contributed by atoms with Crippen LogP contribution < -0.4 is 29.6 Å². The van der Waals surface area contributed by atoms with E-state index in [1.165, 1.54) is 148 Å². The van der Waals surface area contributed by atoms with Crippen molar-refractivity contribution in [1.82, 2.24) is 0 Å². The molecule has 0 amide bonds. The maximum atomic E-state index is 11.9. The Bertz CT molecular complexity index is 755. The normalized spacial score (nSPS) is 11.2. The van der Waals surface area contributed by atoms with Crippen LogP contribution in [0.5, 0.6) is 0 Å². The molecule has 2 N–H and O–H groups in total. The van der Waals surface area contributed by atoms with Gasteiger partial charge in [-0.2, -0.15) is 8.42 Å². The fourth-order valence-corrected chi connectivity index (χ4v) is 5.21. The van der Waals surface area contributed by atoms with Gasteiger partial charge in [0, 0.05) is 12.8 Å². The fourth-order valence-electron chi connectivity index (χ4n) is 5.21. The molecule has 0 aliphatic heterocycles. The Kier molecular flexibility index (Phi) is 43.6. The summed E-state index contributed by atoms with van der Waals surface area (Å²) < 4.78 is 36.6. The molecule has 0 radical (unpaired) electrons. The second-order valence-corrected chi connectivity index (χ2v) is 13.2. The molecule has 0 fully saturated rings. The molecule has 264 valence electrons. The Hall–Kier alpha value is -0.250. The van der Waals surface area contributed by atoms with Crippen molar-refractivity contribution in [2.45, 2.75) is 206 Å². The van der Waals surface area contributed by atoms with Crippen molar-refractivity contribution in [3.05, 3.63) is 12.2 Å². The van der Waals surface area contributed by atoms with E-state index >= 15 is 0 Å². The van der Waals surface area contributed by atoms with Gasteiger partial charge in [0.1, 0.15) is 0 Å². The molecule has 0 aliphatic rings. The average Bonchev–Trinajstić information content (AvgIpc) is 2.96. The largest absolute Gasteiger partial charge is 1.00 e. The molecule has 0 saturated carbocycles. The summed E-state index contributed by atoms with van der Waals surface area (Å²) in [5.41, 5.74) is 0.